The SMILES string of the molecule is Cc1ccc(CC(=O)Nc2ccc(C)c(Nc3ncc(-c4ccncc4)o3)c2)cc1. The minimum atomic E-state index is -0.0650. The Morgan fingerprint density at radius 3 is 2.53 bits per heavy atom. The molecule has 2 aromatic heterocycles. The Balaban J connectivity index is 1.45. The number of carbonyl (C=O) groups is 1. The lowest BCUT2D eigenvalue weighted by atomic mass is 10.1. The average molecular weight is 398 g/mol. The fourth-order valence-corrected chi connectivity index (χ4v) is 3.03. The molecule has 0 unspecified atom stereocenters. The van der Waals surface area contributed by atoms with Gasteiger partial charge in [-0.05, 0) is 49.2 Å². The highest BCUT2D eigenvalue weighted by Crippen LogP contribution is 2.27. The number of rotatable bonds is 6. The third-order valence-electron chi connectivity index (χ3n) is 4.72. The Morgan fingerprint density at radius 1 is 1.00 bits per heavy atom. The highest BCUT2D eigenvalue weighted by molar-refractivity contribution is 5.93. The van der Waals surface area contributed by atoms with Gasteiger partial charge in [0.05, 0.1) is 12.6 Å². The van der Waals surface area contributed by atoms with Crippen LogP contribution in [0.25, 0.3) is 11.3 Å². The molecule has 30 heavy (non-hydrogen) atoms. The number of pyridine rings is 1. The highest BCUT2D eigenvalue weighted by Gasteiger charge is 2.10. The van der Waals surface area contributed by atoms with Crippen molar-refractivity contribution in [3.05, 3.63) is 89.9 Å². The van der Waals surface area contributed by atoms with Crippen molar-refractivity contribution in [2.45, 2.75) is 20.3 Å². The van der Waals surface area contributed by atoms with Crippen molar-refractivity contribution in [1.29, 1.82) is 0 Å². The molecule has 0 aliphatic carbocycles. The fourth-order valence-electron chi connectivity index (χ4n) is 3.03. The van der Waals surface area contributed by atoms with Crippen molar-refractivity contribution < 1.29 is 9.21 Å². The predicted octanol–water partition coefficient (Wildman–Crippen LogP) is 5.28. The molecule has 0 fully saturated rings. The predicted molar refractivity (Wildman–Crippen MR) is 118 cm³/mol. The zero-order chi connectivity index (χ0) is 20.9. The maximum atomic E-state index is 12.4. The number of benzene rings is 2. The normalized spacial score (nSPS) is 10.6. The second kappa shape index (κ2) is 8.61. The number of oxazole rings is 1. The van der Waals surface area contributed by atoms with Crippen molar-refractivity contribution in [1.82, 2.24) is 9.97 Å². The number of nitrogens with zero attached hydrogens (tertiary/aromatic N) is 2. The van der Waals surface area contributed by atoms with E-state index >= 15 is 0 Å². The molecule has 1 amide bonds. The van der Waals surface area contributed by atoms with Crippen molar-refractivity contribution in [3.63, 3.8) is 0 Å². The molecule has 0 radical (unpaired) electrons. The molecule has 6 nitrogen and oxygen atoms in total. The summed E-state index contributed by atoms with van der Waals surface area (Å²) in [4.78, 5) is 20.7. The Morgan fingerprint density at radius 2 is 1.77 bits per heavy atom. The number of carbonyl (C=O) groups excluding carboxylic acids is 1. The molecule has 0 aliphatic heterocycles. The second-order valence-electron chi connectivity index (χ2n) is 7.13. The molecule has 4 rings (SSSR count). The maximum absolute atomic E-state index is 12.4. The molecule has 2 aromatic carbocycles. The summed E-state index contributed by atoms with van der Waals surface area (Å²) < 4.78 is 5.80. The molecule has 0 saturated heterocycles. The third kappa shape index (κ3) is 4.72. The van der Waals surface area contributed by atoms with E-state index in [4.69, 9.17) is 4.42 Å². The molecule has 2 heterocycles. The molecular formula is C24H22N4O2. The molecule has 150 valence electrons. The first kappa shape index (κ1) is 19.4. The third-order valence-corrected chi connectivity index (χ3v) is 4.72. The molecule has 0 spiro atoms. The molecule has 4 aromatic rings. The second-order valence-corrected chi connectivity index (χ2v) is 7.13. The smallest absolute Gasteiger partial charge is 0.299 e. The summed E-state index contributed by atoms with van der Waals surface area (Å²) in [5.74, 6) is 0.588. The van der Waals surface area contributed by atoms with Crippen molar-refractivity contribution in [3.8, 4) is 11.3 Å². The Kier molecular flexibility index (Phi) is 5.57. The highest BCUT2D eigenvalue weighted by atomic mass is 16.4. The number of hydrogen-bond acceptors (Lipinski definition) is 5. The van der Waals surface area contributed by atoms with E-state index in [1.807, 2.05) is 68.4 Å². The van der Waals surface area contributed by atoms with Crippen LogP contribution in [0.3, 0.4) is 0 Å². The minimum Gasteiger partial charge on any atom is -0.423 e. The monoisotopic (exact) mass is 398 g/mol. The van der Waals surface area contributed by atoms with Crippen LogP contribution in [0.5, 0.6) is 0 Å². The van der Waals surface area contributed by atoms with E-state index in [1.54, 1.807) is 18.6 Å². The standard InChI is InChI=1S/C24H22N4O2/c1-16-3-6-18(7-4-16)13-23(29)27-20-8-5-17(2)21(14-20)28-24-26-15-22(30-24)19-9-11-25-12-10-19/h3-12,14-15H,13H2,1-2H3,(H,26,28)(H,27,29). The number of aromatic nitrogens is 2. The van der Waals surface area contributed by atoms with Gasteiger partial charge in [-0.2, -0.15) is 0 Å². The van der Waals surface area contributed by atoms with E-state index in [0.717, 1.165) is 22.4 Å². The molecule has 2 N–H and O–H groups in total. The zero-order valence-electron chi connectivity index (χ0n) is 16.8. The van der Waals surface area contributed by atoms with Gasteiger partial charge in [-0.25, -0.2) is 4.98 Å². The van der Waals surface area contributed by atoms with Gasteiger partial charge >= 0.3 is 0 Å². The van der Waals surface area contributed by atoms with E-state index in [2.05, 4.69) is 20.6 Å². The Labute approximate surface area is 175 Å². The van der Waals surface area contributed by atoms with Gasteiger partial charge < -0.3 is 15.1 Å². The maximum Gasteiger partial charge on any atom is 0.299 e. The van der Waals surface area contributed by atoms with Crippen LogP contribution in [-0.4, -0.2) is 15.9 Å². The summed E-state index contributed by atoms with van der Waals surface area (Å²) in [5.41, 5.74) is 5.58. The van der Waals surface area contributed by atoms with Crippen LogP contribution in [0.1, 0.15) is 16.7 Å². The van der Waals surface area contributed by atoms with Crippen LogP contribution < -0.4 is 10.6 Å². The molecule has 0 saturated carbocycles. The topological polar surface area (TPSA) is 80.0 Å². The minimum absolute atomic E-state index is 0.0650. The van der Waals surface area contributed by atoms with Crippen molar-refractivity contribution in [2.24, 2.45) is 0 Å². The largest absolute Gasteiger partial charge is 0.423 e. The molecular weight excluding hydrogens is 376 g/mol. The lowest BCUT2D eigenvalue weighted by Crippen LogP contribution is -2.14. The first-order valence-corrected chi connectivity index (χ1v) is 9.66. The number of aryl methyl sites for hydroxylation is 2. The van der Waals surface area contributed by atoms with Gasteiger partial charge in [-0.3, -0.25) is 9.78 Å². The van der Waals surface area contributed by atoms with E-state index in [9.17, 15) is 4.79 Å². The summed E-state index contributed by atoms with van der Waals surface area (Å²) in [5, 5.41) is 6.14. The van der Waals surface area contributed by atoms with Crippen LogP contribution in [-0.2, 0) is 11.2 Å². The lowest BCUT2D eigenvalue weighted by molar-refractivity contribution is -0.115. The van der Waals surface area contributed by atoms with E-state index in [0.29, 0.717) is 23.9 Å². The zero-order valence-corrected chi connectivity index (χ0v) is 16.8. The number of amides is 1. The van der Waals surface area contributed by atoms with Gasteiger partial charge in [0.15, 0.2) is 5.76 Å². The van der Waals surface area contributed by atoms with E-state index in [-0.39, 0.29) is 5.91 Å². The van der Waals surface area contributed by atoms with Gasteiger partial charge in [0.25, 0.3) is 6.01 Å². The lowest BCUT2D eigenvalue weighted by Gasteiger charge is -2.11. The fraction of sp³-hybridized carbons (Fsp3) is 0.125. The van der Waals surface area contributed by atoms with Gasteiger partial charge in [0.2, 0.25) is 5.91 Å². The first-order chi connectivity index (χ1) is 14.6. The molecule has 0 bridgehead atoms. The summed E-state index contributed by atoms with van der Waals surface area (Å²) >= 11 is 0. The number of anilines is 3. The molecule has 0 atom stereocenters. The van der Waals surface area contributed by atoms with Gasteiger partial charge in [0.1, 0.15) is 0 Å². The van der Waals surface area contributed by atoms with Crippen LogP contribution in [0, 0.1) is 13.8 Å². The van der Waals surface area contributed by atoms with Crippen molar-refractivity contribution in [2.75, 3.05) is 10.6 Å². The molecule has 0 aliphatic rings. The van der Waals surface area contributed by atoms with Gasteiger partial charge in [-0.1, -0.05) is 35.9 Å². The van der Waals surface area contributed by atoms with Gasteiger partial charge in [0, 0.05) is 29.3 Å². The summed E-state index contributed by atoms with van der Waals surface area (Å²) in [7, 11) is 0. The average Bonchev–Trinajstić information content (AvgIpc) is 3.21. The number of hydrogen-bond donors (Lipinski definition) is 2. The summed E-state index contributed by atoms with van der Waals surface area (Å²) in [6.45, 7) is 4.01. The Hall–Kier alpha value is -3.93. The Bertz CT molecular complexity index is 1150. The number of nitrogens with one attached hydrogen (secondary N) is 2. The summed E-state index contributed by atoms with van der Waals surface area (Å²) in [6.07, 6.45) is 5.40. The molecule has 6 heteroatoms. The van der Waals surface area contributed by atoms with E-state index in [1.165, 1.54) is 5.56 Å². The van der Waals surface area contributed by atoms with Crippen molar-refractivity contribution >= 4 is 23.3 Å². The van der Waals surface area contributed by atoms with Crippen LogP contribution in [0.15, 0.2) is 77.6 Å². The first-order valence-electron chi connectivity index (χ1n) is 9.66. The summed E-state index contributed by atoms with van der Waals surface area (Å²) in [6, 6.07) is 17.8. The quantitative estimate of drug-likeness (QED) is 0.462. The van der Waals surface area contributed by atoms with Crippen LogP contribution in [0.4, 0.5) is 17.4 Å². The van der Waals surface area contributed by atoms with Crippen LogP contribution >= 0.6 is 0 Å². The van der Waals surface area contributed by atoms with Crippen LogP contribution in [0.2, 0.25) is 0 Å². The van der Waals surface area contributed by atoms with Gasteiger partial charge in [-0.15, -0.1) is 0 Å². The van der Waals surface area contributed by atoms with E-state index < -0.39 is 0 Å².